The Labute approximate surface area is 89.8 Å². The highest BCUT2D eigenvalue weighted by atomic mass is 32.2. The fraction of sp³-hybridized carbons (Fsp3) is 0.300. The van der Waals surface area contributed by atoms with Gasteiger partial charge in [0.05, 0.1) is 35.0 Å². The molecule has 0 amide bonds. The van der Waals surface area contributed by atoms with Crippen LogP contribution < -0.4 is 0 Å². The Balaban J connectivity index is 2.26. The largest absolute Gasteiger partial charge is 0.379 e. The van der Waals surface area contributed by atoms with E-state index in [1.807, 2.05) is 0 Å². The first-order valence-electron chi connectivity index (χ1n) is 4.34. The molecule has 1 heterocycles. The molecule has 5 heteroatoms. The van der Waals surface area contributed by atoms with Crippen molar-refractivity contribution in [3.63, 3.8) is 0 Å². The van der Waals surface area contributed by atoms with Crippen LogP contribution in [0.5, 0.6) is 0 Å². The number of thioether (sulfide) groups is 1. The van der Waals surface area contributed by atoms with Gasteiger partial charge in [0.15, 0.2) is 0 Å². The van der Waals surface area contributed by atoms with Crippen molar-refractivity contribution in [2.45, 2.75) is 10.1 Å². The minimum absolute atomic E-state index is 0.000732. The first-order chi connectivity index (χ1) is 7.20. The van der Waals surface area contributed by atoms with Crippen molar-refractivity contribution >= 4 is 11.8 Å². The van der Waals surface area contributed by atoms with Crippen LogP contribution in [0, 0.1) is 23.0 Å². The molecule has 0 unspecified atom stereocenters. The van der Waals surface area contributed by atoms with Crippen LogP contribution in [-0.2, 0) is 4.74 Å². The number of hydrogen-bond donors (Lipinski definition) is 0. The Bertz CT molecular complexity index is 403. The van der Waals surface area contributed by atoms with Gasteiger partial charge in [-0.3, -0.25) is 0 Å². The fourth-order valence-corrected chi connectivity index (χ4v) is 2.19. The lowest BCUT2D eigenvalue weighted by Gasteiger charge is -2.25. The molecule has 0 aromatic heterocycles. The first-order valence-corrected chi connectivity index (χ1v) is 5.22. The molecule has 0 N–H and O–H groups in total. The summed E-state index contributed by atoms with van der Waals surface area (Å²) >= 11 is 1.12. The van der Waals surface area contributed by atoms with E-state index in [4.69, 9.17) is 10.00 Å². The van der Waals surface area contributed by atoms with Crippen molar-refractivity contribution in [2.24, 2.45) is 0 Å². The molecule has 0 atom stereocenters. The highest BCUT2D eigenvalue weighted by molar-refractivity contribution is 8.00. The second-order valence-corrected chi connectivity index (χ2v) is 4.47. The average molecular weight is 227 g/mol. The minimum Gasteiger partial charge on any atom is -0.379 e. The third kappa shape index (κ3) is 2.11. The summed E-state index contributed by atoms with van der Waals surface area (Å²) in [5, 5.41) is 8.62. The number of halogens is 2. The predicted molar refractivity (Wildman–Crippen MR) is 51.5 cm³/mol. The van der Waals surface area contributed by atoms with Gasteiger partial charge in [-0.1, -0.05) is 0 Å². The van der Waals surface area contributed by atoms with Gasteiger partial charge in [-0.15, -0.1) is 11.8 Å². The lowest BCUT2D eigenvalue weighted by Crippen LogP contribution is -2.30. The summed E-state index contributed by atoms with van der Waals surface area (Å²) in [6, 6.07) is 3.80. The number of rotatable bonds is 2. The van der Waals surface area contributed by atoms with Crippen LogP contribution in [0.3, 0.4) is 0 Å². The Morgan fingerprint density at radius 1 is 1.33 bits per heavy atom. The minimum atomic E-state index is -0.677. The number of benzene rings is 1. The number of nitriles is 1. The van der Waals surface area contributed by atoms with Gasteiger partial charge in [-0.25, -0.2) is 8.78 Å². The molecule has 0 aliphatic carbocycles. The third-order valence-corrected chi connectivity index (χ3v) is 3.25. The number of nitrogens with zero attached hydrogens (tertiary/aromatic N) is 1. The highest BCUT2D eigenvalue weighted by Crippen LogP contribution is 2.32. The average Bonchev–Trinajstić information content (AvgIpc) is 2.13. The van der Waals surface area contributed by atoms with E-state index in [9.17, 15) is 8.78 Å². The molecular formula is C10H7F2NOS. The molecule has 78 valence electrons. The molecule has 1 aromatic rings. The molecule has 1 saturated heterocycles. The van der Waals surface area contributed by atoms with Gasteiger partial charge >= 0.3 is 0 Å². The Morgan fingerprint density at radius 2 is 1.93 bits per heavy atom. The van der Waals surface area contributed by atoms with Crippen LogP contribution in [0.2, 0.25) is 0 Å². The highest BCUT2D eigenvalue weighted by Gasteiger charge is 2.23. The van der Waals surface area contributed by atoms with Crippen molar-refractivity contribution in [1.29, 1.82) is 5.26 Å². The van der Waals surface area contributed by atoms with Gasteiger partial charge in [-0.05, 0) is 12.1 Å². The van der Waals surface area contributed by atoms with Crippen LogP contribution in [0.1, 0.15) is 5.56 Å². The summed E-state index contributed by atoms with van der Waals surface area (Å²) in [5.74, 6) is -1.35. The molecule has 1 aliphatic rings. The second kappa shape index (κ2) is 4.17. The second-order valence-electron chi connectivity index (χ2n) is 3.16. The predicted octanol–water partition coefficient (Wildman–Crippen LogP) is 2.33. The fourth-order valence-electron chi connectivity index (χ4n) is 1.19. The van der Waals surface area contributed by atoms with E-state index in [0.717, 1.165) is 23.9 Å². The third-order valence-electron chi connectivity index (χ3n) is 2.02. The maximum absolute atomic E-state index is 13.4. The molecule has 1 fully saturated rings. The first kappa shape index (κ1) is 10.4. The van der Waals surface area contributed by atoms with Crippen molar-refractivity contribution < 1.29 is 13.5 Å². The van der Waals surface area contributed by atoms with E-state index in [2.05, 4.69) is 0 Å². The number of ether oxygens (including phenoxy) is 1. The van der Waals surface area contributed by atoms with Crippen LogP contribution >= 0.6 is 11.8 Å². The van der Waals surface area contributed by atoms with Gasteiger partial charge in [0, 0.05) is 0 Å². The van der Waals surface area contributed by atoms with E-state index in [1.165, 1.54) is 0 Å². The molecule has 0 spiro atoms. The molecule has 2 nitrogen and oxygen atoms in total. The molecular weight excluding hydrogens is 220 g/mol. The molecule has 15 heavy (non-hydrogen) atoms. The molecule has 2 rings (SSSR count). The maximum atomic E-state index is 13.4. The summed E-state index contributed by atoms with van der Waals surface area (Å²) in [6.45, 7) is 1.03. The SMILES string of the molecule is N#Cc1cc(F)c(SC2COC2)c(F)c1. The summed E-state index contributed by atoms with van der Waals surface area (Å²) in [7, 11) is 0. The van der Waals surface area contributed by atoms with E-state index in [1.54, 1.807) is 6.07 Å². The monoisotopic (exact) mass is 227 g/mol. The van der Waals surface area contributed by atoms with Crippen molar-refractivity contribution in [3.8, 4) is 6.07 Å². The van der Waals surface area contributed by atoms with Gasteiger partial charge < -0.3 is 4.74 Å². The zero-order valence-corrected chi connectivity index (χ0v) is 8.48. The van der Waals surface area contributed by atoms with Crippen LogP contribution in [0.4, 0.5) is 8.78 Å². The quantitative estimate of drug-likeness (QED) is 0.777. The zero-order chi connectivity index (χ0) is 10.8. The van der Waals surface area contributed by atoms with E-state index < -0.39 is 11.6 Å². The summed E-state index contributed by atoms with van der Waals surface area (Å²) in [6.07, 6.45) is 0. The van der Waals surface area contributed by atoms with E-state index in [0.29, 0.717) is 13.2 Å². The van der Waals surface area contributed by atoms with Crippen molar-refractivity contribution in [2.75, 3.05) is 13.2 Å². The van der Waals surface area contributed by atoms with Gasteiger partial charge in [0.1, 0.15) is 11.6 Å². The zero-order valence-electron chi connectivity index (χ0n) is 7.67. The Morgan fingerprint density at radius 3 is 2.33 bits per heavy atom. The maximum Gasteiger partial charge on any atom is 0.141 e. The molecule has 1 aromatic carbocycles. The van der Waals surface area contributed by atoms with Crippen LogP contribution in [-0.4, -0.2) is 18.5 Å². The van der Waals surface area contributed by atoms with E-state index >= 15 is 0 Å². The Hall–Kier alpha value is -1.12. The molecule has 0 radical (unpaired) electrons. The molecule has 0 bridgehead atoms. The van der Waals surface area contributed by atoms with Gasteiger partial charge in [0.2, 0.25) is 0 Å². The van der Waals surface area contributed by atoms with Crippen LogP contribution in [0.25, 0.3) is 0 Å². The lowest BCUT2D eigenvalue weighted by molar-refractivity contribution is 0.0454. The number of hydrogen-bond acceptors (Lipinski definition) is 3. The standard InChI is InChI=1S/C10H7F2NOS/c11-8-1-6(3-13)2-9(12)10(8)15-7-4-14-5-7/h1-2,7H,4-5H2. The Kier molecular flexibility index (Phi) is 2.89. The van der Waals surface area contributed by atoms with Crippen LogP contribution in [0.15, 0.2) is 17.0 Å². The van der Waals surface area contributed by atoms with E-state index in [-0.39, 0.29) is 15.7 Å². The lowest BCUT2D eigenvalue weighted by atomic mass is 10.2. The topological polar surface area (TPSA) is 33.0 Å². The van der Waals surface area contributed by atoms with Crippen molar-refractivity contribution in [1.82, 2.24) is 0 Å². The van der Waals surface area contributed by atoms with Crippen molar-refractivity contribution in [3.05, 3.63) is 29.3 Å². The normalized spacial score (nSPS) is 15.8. The summed E-state index contributed by atoms with van der Waals surface area (Å²) in [4.78, 5) is -0.0256. The molecule has 1 aliphatic heterocycles. The molecule has 0 saturated carbocycles. The smallest absolute Gasteiger partial charge is 0.141 e. The van der Waals surface area contributed by atoms with Gasteiger partial charge in [0.25, 0.3) is 0 Å². The summed E-state index contributed by atoms with van der Waals surface area (Å²) < 4.78 is 31.6. The van der Waals surface area contributed by atoms with Gasteiger partial charge in [-0.2, -0.15) is 5.26 Å². The summed E-state index contributed by atoms with van der Waals surface area (Å²) in [5.41, 5.74) is -0.000732.